The topological polar surface area (TPSA) is 66.0 Å². The molecule has 2 heterocycles. The molecule has 1 amide bonds. The maximum Gasteiger partial charge on any atom is 0.222 e. The third-order valence-corrected chi connectivity index (χ3v) is 4.26. The molecular weight excluding hydrogens is 407 g/mol. The van der Waals surface area contributed by atoms with Gasteiger partial charge < -0.3 is 20.3 Å². The molecule has 2 atom stereocenters. The summed E-state index contributed by atoms with van der Waals surface area (Å²) in [4.78, 5) is 18.3. The number of nitrogens with one attached hydrogen (secondary N) is 2. The van der Waals surface area contributed by atoms with Gasteiger partial charge in [-0.3, -0.25) is 9.79 Å². The second-order valence-corrected chi connectivity index (χ2v) is 6.03. The molecule has 0 aromatic rings. The summed E-state index contributed by atoms with van der Waals surface area (Å²) >= 11 is 0. The fraction of sp³-hybridized carbons (Fsp3) is 0.875. The van der Waals surface area contributed by atoms with Crippen molar-refractivity contribution in [2.75, 3.05) is 32.8 Å². The second-order valence-electron chi connectivity index (χ2n) is 6.03. The van der Waals surface area contributed by atoms with Gasteiger partial charge in [-0.1, -0.05) is 6.92 Å². The molecule has 2 fully saturated rings. The lowest BCUT2D eigenvalue weighted by Crippen LogP contribution is -2.45. The Morgan fingerprint density at radius 2 is 2.13 bits per heavy atom. The zero-order chi connectivity index (χ0) is 15.8. The molecule has 2 rings (SSSR count). The minimum atomic E-state index is 0. The summed E-state index contributed by atoms with van der Waals surface area (Å²) in [5.41, 5.74) is 0. The van der Waals surface area contributed by atoms with Crippen LogP contribution in [0.5, 0.6) is 0 Å². The van der Waals surface area contributed by atoms with Crippen LogP contribution in [-0.4, -0.2) is 61.7 Å². The van der Waals surface area contributed by atoms with E-state index in [0.29, 0.717) is 19.0 Å². The molecular formula is C16H31IN4O2. The lowest BCUT2D eigenvalue weighted by Gasteiger charge is -2.22. The number of hydrogen-bond donors (Lipinski definition) is 2. The van der Waals surface area contributed by atoms with Gasteiger partial charge in [-0.2, -0.15) is 0 Å². The molecule has 2 aliphatic heterocycles. The van der Waals surface area contributed by atoms with Gasteiger partial charge in [0, 0.05) is 38.7 Å². The molecule has 0 aromatic heterocycles. The number of guanidine groups is 1. The number of amides is 1. The molecule has 134 valence electrons. The van der Waals surface area contributed by atoms with Gasteiger partial charge in [-0.05, 0) is 32.6 Å². The Bertz CT molecular complexity index is 386. The molecule has 0 aliphatic carbocycles. The van der Waals surface area contributed by atoms with Crippen LogP contribution in [0.4, 0.5) is 0 Å². The highest BCUT2D eigenvalue weighted by Crippen LogP contribution is 2.13. The summed E-state index contributed by atoms with van der Waals surface area (Å²) in [6.07, 6.45) is 5.33. The van der Waals surface area contributed by atoms with Crippen molar-refractivity contribution in [3.8, 4) is 0 Å². The van der Waals surface area contributed by atoms with Crippen molar-refractivity contribution < 1.29 is 9.53 Å². The predicted molar refractivity (Wildman–Crippen MR) is 103 cm³/mol. The first kappa shape index (κ1) is 20.5. The van der Waals surface area contributed by atoms with Crippen molar-refractivity contribution in [2.24, 2.45) is 4.99 Å². The quantitative estimate of drug-likeness (QED) is 0.390. The summed E-state index contributed by atoms with van der Waals surface area (Å²) in [6, 6.07) is 0.292. The number of likely N-dealkylation sites (tertiary alicyclic amines) is 1. The van der Waals surface area contributed by atoms with Crippen molar-refractivity contribution in [3.63, 3.8) is 0 Å². The van der Waals surface area contributed by atoms with Gasteiger partial charge >= 0.3 is 0 Å². The lowest BCUT2D eigenvalue weighted by atomic mass is 10.1. The molecule has 23 heavy (non-hydrogen) atoms. The predicted octanol–water partition coefficient (Wildman–Crippen LogP) is 1.74. The van der Waals surface area contributed by atoms with Gasteiger partial charge in [0.15, 0.2) is 5.96 Å². The molecule has 0 aromatic carbocycles. The second kappa shape index (κ2) is 11.1. The third kappa shape index (κ3) is 6.82. The number of carbonyl (C=O) groups excluding carboxylic acids is 1. The number of hydrogen-bond acceptors (Lipinski definition) is 3. The first-order chi connectivity index (χ1) is 10.7. The molecule has 2 aliphatic rings. The van der Waals surface area contributed by atoms with Crippen molar-refractivity contribution in [3.05, 3.63) is 0 Å². The normalized spacial score (nSPS) is 25.0. The van der Waals surface area contributed by atoms with Gasteiger partial charge in [0.05, 0.1) is 12.6 Å². The zero-order valence-electron chi connectivity index (χ0n) is 14.3. The maximum atomic E-state index is 11.7. The van der Waals surface area contributed by atoms with E-state index < -0.39 is 0 Å². The molecule has 2 saturated heterocycles. The summed E-state index contributed by atoms with van der Waals surface area (Å²) in [5.74, 6) is 1.08. The molecule has 0 radical (unpaired) electrons. The summed E-state index contributed by atoms with van der Waals surface area (Å²) in [5, 5.41) is 6.74. The first-order valence-electron chi connectivity index (χ1n) is 8.67. The monoisotopic (exact) mass is 438 g/mol. The van der Waals surface area contributed by atoms with Crippen molar-refractivity contribution >= 4 is 35.8 Å². The van der Waals surface area contributed by atoms with Crippen molar-refractivity contribution in [1.82, 2.24) is 15.5 Å². The van der Waals surface area contributed by atoms with Crippen LogP contribution >= 0.6 is 24.0 Å². The Hall–Kier alpha value is -0.570. The van der Waals surface area contributed by atoms with E-state index in [1.807, 2.05) is 11.8 Å². The summed E-state index contributed by atoms with van der Waals surface area (Å²) in [7, 11) is 0. The Balaban J connectivity index is 0.00000264. The fourth-order valence-corrected chi connectivity index (χ4v) is 2.99. The van der Waals surface area contributed by atoms with Crippen LogP contribution in [0, 0.1) is 0 Å². The van der Waals surface area contributed by atoms with Crippen molar-refractivity contribution in [2.45, 2.75) is 58.1 Å². The number of carbonyl (C=O) groups is 1. The lowest BCUT2D eigenvalue weighted by molar-refractivity contribution is -0.129. The van der Waals surface area contributed by atoms with E-state index in [0.717, 1.165) is 45.0 Å². The van der Waals surface area contributed by atoms with Gasteiger partial charge in [0.1, 0.15) is 0 Å². The molecule has 2 N–H and O–H groups in total. The smallest absolute Gasteiger partial charge is 0.222 e. The van der Waals surface area contributed by atoms with Gasteiger partial charge in [0.25, 0.3) is 0 Å². The Morgan fingerprint density at radius 1 is 1.30 bits per heavy atom. The van der Waals surface area contributed by atoms with Crippen LogP contribution in [-0.2, 0) is 9.53 Å². The highest BCUT2D eigenvalue weighted by molar-refractivity contribution is 14.0. The number of nitrogens with zero attached hydrogens (tertiary/aromatic N) is 2. The van der Waals surface area contributed by atoms with E-state index in [1.165, 1.54) is 12.8 Å². The standard InChI is InChI=1S/C16H30N4O2.HI/c1-3-15(21)20-9-8-13(12-20)19-16(17-4-2)18-11-14-7-5-6-10-22-14;/h13-14H,3-12H2,1-2H3,(H2,17,18,19);1H. The van der Waals surface area contributed by atoms with Crippen molar-refractivity contribution in [1.29, 1.82) is 0 Å². The molecule has 7 heteroatoms. The molecule has 0 spiro atoms. The number of aliphatic imine (C=N–C) groups is 1. The highest BCUT2D eigenvalue weighted by Gasteiger charge is 2.25. The summed E-state index contributed by atoms with van der Waals surface area (Å²) < 4.78 is 5.72. The molecule has 0 bridgehead atoms. The SMILES string of the molecule is CCNC(=NCC1CCCCO1)NC1CCN(C(=O)CC)C1.I. The van der Waals surface area contributed by atoms with E-state index in [4.69, 9.17) is 4.74 Å². The minimum Gasteiger partial charge on any atom is -0.376 e. The average Bonchev–Trinajstić information content (AvgIpc) is 3.01. The van der Waals surface area contributed by atoms with E-state index in [-0.39, 0.29) is 36.0 Å². The molecule has 0 saturated carbocycles. The zero-order valence-corrected chi connectivity index (χ0v) is 16.7. The molecule has 6 nitrogen and oxygen atoms in total. The molecule has 2 unspecified atom stereocenters. The number of rotatable bonds is 5. The first-order valence-corrected chi connectivity index (χ1v) is 8.67. The van der Waals surface area contributed by atoms with E-state index in [9.17, 15) is 4.79 Å². The number of ether oxygens (including phenoxy) is 1. The van der Waals surface area contributed by atoms with E-state index in [1.54, 1.807) is 0 Å². The maximum absolute atomic E-state index is 11.7. The summed E-state index contributed by atoms with van der Waals surface area (Å²) in [6.45, 7) is 8.00. The van der Waals surface area contributed by atoms with E-state index >= 15 is 0 Å². The Labute approximate surface area is 156 Å². The van der Waals surface area contributed by atoms with Crippen LogP contribution in [0.3, 0.4) is 0 Å². The van der Waals surface area contributed by atoms with Gasteiger partial charge in [-0.15, -0.1) is 24.0 Å². The minimum absolute atomic E-state index is 0. The number of halogens is 1. The van der Waals surface area contributed by atoms with Gasteiger partial charge in [0.2, 0.25) is 5.91 Å². The van der Waals surface area contributed by atoms with Gasteiger partial charge in [-0.25, -0.2) is 0 Å². The van der Waals surface area contributed by atoms with E-state index in [2.05, 4.69) is 22.5 Å². The highest BCUT2D eigenvalue weighted by atomic mass is 127. The average molecular weight is 438 g/mol. The van der Waals surface area contributed by atoms with Crippen LogP contribution in [0.2, 0.25) is 0 Å². The third-order valence-electron chi connectivity index (χ3n) is 4.26. The van der Waals surface area contributed by atoms with Crippen LogP contribution in [0.25, 0.3) is 0 Å². The van der Waals surface area contributed by atoms with Crippen LogP contribution in [0.15, 0.2) is 4.99 Å². The Kier molecular flexibility index (Phi) is 9.85. The Morgan fingerprint density at radius 3 is 2.78 bits per heavy atom. The fourth-order valence-electron chi connectivity index (χ4n) is 2.99. The van der Waals surface area contributed by atoms with Crippen LogP contribution in [0.1, 0.15) is 46.0 Å². The largest absolute Gasteiger partial charge is 0.376 e. The van der Waals surface area contributed by atoms with Crippen LogP contribution < -0.4 is 10.6 Å².